The van der Waals surface area contributed by atoms with Crippen LogP contribution in [0.15, 0.2) is 73.1 Å². The smallest absolute Gasteiger partial charge is 0.244 e. The van der Waals surface area contributed by atoms with E-state index in [9.17, 15) is 4.79 Å². The lowest BCUT2D eigenvalue weighted by atomic mass is 10.2. The summed E-state index contributed by atoms with van der Waals surface area (Å²) in [6.07, 6.45) is 7.00. The predicted molar refractivity (Wildman–Crippen MR) is 109 cm³/mol. The number of hydrogen-bond acceptors (Lipinski definition) is 3. The van der Waals surface area contributed by atoms with E-state index in [0.717, 1.165) is 16.8 Å². The van der Waals surface area contributed by atoms with Gasteiger partial charge in [0.05, 0.1) is 12.7 Å². The highest BCUT2D eigenvalue weighted by atomic mass is 16.1. The van der Waals surface area contributed by atoms with Gasteiger partial charge < -0.3 is 10.2 Å². The van der Waals surface area contributed by atoms with Crippen molar-refractivity contribution < 1.29 is 4.79 Å². The third kappa shape index (κ3) is 5.57. The summed E-state index contributed by atoms with van der Waals surface area (Å²) in [5.41, 5.74) is 4.29. The first-order valence-electron chi connectivity index (χ1n) is 8.89. The summed E-state index contributed by atoms with van der Waals surface area (Å²) in [4.78, 5) is 14.1. The van der Waals surface area contributed by atoms with Crippen molar-refractivity contribution in [2.24, 2.45) is 0 Å². The standard InChI is InChI=1S/C22H24N4O/c1-25(2)21-11-8-18(9-12-21)14-23-22(27)13-10-20-15-24-26(17-20)16-19-6-4-3-5-7-19/h3-13,15,17H,14,16H2,1-2H3,(H,23,27)/b13-10+. The Bertz CT molecular complexity index is 896. The molecule has 0 saturated carbocycles. The van der Waals surface area contributed by atoms with Crippen molar-refractivity contribution in [3.05, 3.63) is 89.8 Å². The van der Waals surface area contributed by atoms with Gasteiger partial charge in [0.2, 0.25) is 5.91 Å². The van der Waals surface area contributed by atoms with E-state index in [0.29, 0.717) is 13.1 Å². The van der Waals surface area contributed by atoms with Crippen molar-refractivity contribution >= 4 is 17.7 Å². The lowest BCUT2D eigenvalue weighted by molar-refractivity contribution is -0.116. The van der Waals surface area contributed by atoms with Crippen LogP contribution in [0.4, 0.5) is 5.69 Å². The molecule has 1 aromatic heterocycles. The van der Waals surface area contributed by atoms with Crippen LogP contribution in [0.5, 0.6) is 0 Å². The van der Waals surface area contributed by atoms with E-state index in [2.05, 4.69) is 22.5 Å². The number of anilines is 1. The van der Waals surface area contributed by atoms with Crippen LogP contribution >= 0.6 is 0 Å². The molecule has 0 radical (unpaired) electrons. The van der Waals surface area contributed by atoms with E-state index in [-0.39, 0.29) is 5.91 Å². The van der Waals surface area contributed by atoms with Crippen LogP contribution in [0.1, 0.15) is 16.7 Å². The van der Waals surface area contributed by atoms with Crippen LogP contribution in [0.25, 0.3) is 6.08 Å². The third-order valence-corrected chi connectivity index (χ3v) is 4.19. The Hall–Kier alpha value is -3.34. The number of nitrogens with one attached hydrogen (secondary N) is 1. The minimum absolute atomic E-state index is 0.123. The molecule has 1 N–H and O–H groups in total. The van der Waals surface area contributed by atoms with Crippen LogP contribution in [-0.4, -0.2) is 29.8 Å². The van der Waals surface area contributed by atoms with Crippen LogP contribution in [0, 0.1) is 0 Å². The molecule has 0 bridgehead atoms. The van der Waals surface area contributed by atoms with Crippen molar-refractivity contribution in [3.63, 3.8) is 0 Å². The molecule has 0 atom stereocenters. The summed E-state index contributed by atoms with van der Waals surface area (Å²) in [5, 5.41) is 7.23. The first-order valence-corrected chi connectivity index (χ1v) is 8.89. The number of carbonyl (C=O) groups excluding carboxylic acids is 1. The second-order valence-electron chi connectivity index (χ2n) is 6.57. The van der Waals surface area contributed by atoms with Crippen molar-refractivity contribution in [2.75, 3.05) is 19.0 Å². The van der Waals surface area contributed by atoms with E-state index < -0.39 is 0 Å². The van der Waals surface area contributed by atoms with Crippen molar-refractivity contribution in [3.8, 4) is 0 Å². The number of benzene rings is 2. The van der Waals surface area contributed by atoms with Gasteiger partial charge in [-0.25, -0.2) is 0 Å². The maximum Gasteiger partial charge on any atom is 0.244 e. The molecule has 27 heavy (non-hydrogen) atoms. The Labute approximate surface area is 159 Å². The van der Waals surface area contributed by atoms with Crippen molar-refractivity contribution in [1.29, 1.82) is 0 Å². The quantitative estimate of drug-likeness (QED) is 0.658. The maximum absolute atomic E-state index is 12.0. The molecule has 5 nitrogen and oxygen atoms in total. The third-order valence-electron chi connectivity index (χ3n) is 4.19. The van der Waals surface area contributed by atoms with Gasteiger partial charge in [-0.15, -0.1) is 0 Å². The van der Waals surface area contributed by atoms with Crippen LogP contribution in [0.2, 0.25) is 0 Å². The maximum atomic E-state index is 12.0. The molecular formula is C22H24N4O. The summed E-state index contributed by atoms with van der Waals surface area (Å²) < 4.78 is 1.86. The number of amides is 1. The lowest BCUT2D eigenvalue weighted by Gasteiger charge is -2.12. The number of nitrogens with zero attached hydrogens (tertiary/aromatic N) is 3. The molecule has 0 saturated heterocycles. The molecule has 3 rings (SSSR count). The zero-order chi connectivity index (χ0) is 19.1. The monoisotopic (exact) mass is 360 g/mol. The summed E-state index contributed by atoms with van der Waals surface area (Å²) in [6.45, 7) is 1.22. The molecule has 5 heteroatoms. The Morgan fingerprint density at radius 3 is 2.52 bits per heavy atom. The topological polar surface area (TPSA) is 50.2 Å². The average Bonchev–Trinajstić information content (AvgIpc) is 3.13. The Morgan fingerprint density at radius 1 is 1.07 bits per heavy atom. The molecule has 1 amide bonds. The normalized spacial score (nSPS) is 10.9. The predicted octanol–water partition coefficient (Wildman–Crippen LogP) is 3.33. The number of carbonyl (C=O) groups is 1. The molecule has 3 aromatic rings. The fourth-order valence-electron chi connectivity index (χ4n) is 2.65. The highest BCUT2D eigenvalue weighted by molar-refractivity contribution is 5.91. The molecule has 2 aromatic carbocycles. The van der Waals surface area contributed by atoms with Gasteiger partial charge in [0.25, 0.3) is 0 Å². The Morgan fingerprint density at radius 2 is 1.81 bits per heavy atom. The first-order chi connectivity index (χ1) is 13.1. The highest BCUT2D eigenvalue weighted by Gasteiger charge is 2.01. The van der Waals surface area contributed by atoms with Gasteiger partial charge in [-0.2, -0.15) is 5.10 Å². The van der Waals surface area contributed by atoms with Crippen molar-refractivity contribution in [2.45, 2.75) is 13.1 Å². The second-order valence-corrected chi connectivity index (χ2v) is 6.57. The molecule has 138 valence electrons. The van der Waals surface area contributed by atoms with Gasteiger partial charge >= 0.3 is 0 Å². The summed E-state index contributed by atoms with van der Waals surface area (Å²) in [5.74, 6) is -0.123. The van der Waals surface area contributed by atoms with Gasteiger partial charge in [-0.05, 0) is 29.3 Å². The molecule has 0 aliphatic heterocycles. The first kappa shape index (κ1) is 18.5. The molecule has 1 heterocycles. The van der Waals surface area contributed by atoms with Crippen LogP contribution < -0.4 is 10.2 Å². The summed E-state index contributed by atoms with van der Waals surface area (Å²) in [6, 6.07) is 18.3. The van der Waals surface area contributed by atoms with Gasteiger partial charge in [0.1, 0.15) is 0 Å². The minimum Gasteiger partial charge on any atom is -0.378 e. The zero-order valence-corrected chi connectivity index (χ0v) is 15.7. The van der Waals surface area contributed by atoms with E-state index >= 15 is 0 Å². The Kier molecular flexibility index (Phi) is 6.05. The zero-order valence-electron chi connectivity index (χ0n) is 15.7. The van der Waals surface area contributed by atoms with E-state index in [1.54, 1.807) is 12.3 Å². The van der Waals surface area contributed by atoms with Gasteiger partial charge in [0.15, 0.2) is 0 Å². The summed E-state index contributed by atoms with van der Waals surface area (Å²) in [7, 11) is 4.01. The average molecular weight is 360 g/mol. The summed E-state index contributed by atoms with van der Waals surface area (Å²) >= 11 is 0. The van der Waals surface area contributed by atoms with Gasteiger partial charge in [0, 0.05) is 44.2 Å². The van der Waals surface area contributed by atoms with Crippen LogP contribution in [0.3, 0.4) is 0 Å². The molecule has 0 spiro atoms. The van der Waals surface area contributed by atoms with Crippen molar-refractivity contribution in [1.82, 2.24) is 15.1 Å². The number of rotatable bonds is 7. The highest BCUT2D eigenvalue weighted by Crippen LogP contribution is 2.12. The molecular weight excluding hydrogens is 336 g/mol. The second kappa shape index (κ2) is 8.85. The van der Waals surface area contributed by atoms with Crippen LogP contribution in [-0.2, 0) is 17.9 Å². The molecule has 0 aliphatic rings. The molecule has 0 fully saturated rings. The molecule has 0 unspecified atom stereocenters. The molecule has 0 aliphatic carbocycles. The number of aromatic nitrogens is 2. The number of hydrogen-bond donors (Lipinski definition) is 1. The fourth-order valence-corrected chi connectivity index (χ4v) is 2.65. The van der Waals surface area contributed by atoms with E-state index in [1.807, 2.05) is 72.3 Å². The minimum atomic E-state index is -0.123. The lowest BCUT2D eigenvalue weighted by Crippen LogP contribution is -2.20. The Balaban J connectivity index is 1.49. The fraction of sp³-hybridized carbons (Fsp3) is 0.182. The SMILES string of the molecule is CN(C)c1ccc(CNC(=O)/C=C/c2cnn(Cc3ccccc3)c2)cc1. The van der Waals surface area contributed by atoms with Gasteiger partial charge in [-0.1, -0.05) is 42.5 Å². The largest absolute Gasteiger partial charge is 0.378 e. The van der Waals surface area contributed by atoms with E-state index in [1.165, 1.54) is 11.6 Å². The van der Waals surface area contributed by atoms with E-state index in [4.69, 9.17) is 0 Å². The van der Waals surface area contributed by atoms with Gasteiger partial charge in [-0.3, -0.25) is 9.48 Å².